The van der Waals surface area contributed by atoms with E-state index in [1.807, 2.05) is 43.0 Å². The zero-order valence-electron chi connectivity index (χ0n) is 19.9. The summed E-state index contributed by atoms with van der Waals surface area (Å²) >= 11 is 6.48. The van der Waals surface area contributed by atoms with Crippen LogP contribution in [0.15, 0.2) is 30.3 Å². The molecule has 0 bridgehead atoms. The number of rotatable bonds is 7. The van der Waals surface area contributed by atoms with Crippen LogP contribution >= 0.6 is 11.6 Å². The molecule has 0 spiro atoms. The molecule has 1 aromatic carbocycles. The number of halogens is 1. The number of nitrogens with zero attached hydrogens (tertiary/aromatic N) is 3. The molecule has 2 N–H and O–H groups in total. The lowest BCUT2D eigenvalue weighted by molar-refractivity contribution is -0.127. The number of nitrogens with one attached hydrogen (secondary N) is 2. The first kappa shape index (κ1) is 24.8. The Balaban J connectivity index is 1.51. The fourth-order valence-electron chi connectivity index (χ4n) is 3.96. The monoisotopic (exact) mass is 471 g/mol. The third kappa shape index (κ3) is 7.09. The van der Waals surface area contributed by atoms with E-state index in [1.165, 1.54) is 0 Å². The van der Waals surface area contributed by atoms with Crippen molar-refractivity contribution >= 4 is 35.3 Å². The van der Waals surface area contributed by atoms with Crippen LogP contribution in [-0.4, -0.2) is 46.3 Å². The Hall–Kier alpha value is -2.80. The van der Waals surface area contributed by atoms with E-state index in [0.29, 0.717) is 30.7 Å². The predicted molar refractivity (Wildman–Crippen MR) is 133 cm³/mol. The Morgan fingerprint density at radius 3 is 2.67 bits per heavy atom. The highest BCUT2D eigenvalue weighted by Gasteiger charge is 2.23. The van der Waals surface area contributed by atoms with Crippen molar-refractivity contribution in [3.05, 3.63) is 52.3 Å². The van der Waals surface area contributed by atoms with E-state index in [1.54, 1.807) is 16.8 Å². The molecular formula is C25H34ClN5O2. The van der Waals surface area contributed by atoms with Gasteiger partial charge in [-0.25, -0.2) is 4.79 Å². The van der Waals surface area contributed by atoms with Gasteiger partial charge in [0, 0.05) is 43.5 Å². The van der Waals surface area contributed by atoms with Gasteiger partial charge in [0.1, 0.15) is 5.15 Å². The SMILES string of the molecule is Cc1ccc(NC(=O)NCC2CCCN(C(=O)/C=C/c3c(C)nn(CC(C)C)c3Cl)C2)cc1. The molecule has 1 aromatic heterocycles. The van der Waals surface area contributed by atoms with E-state index in [-0.39, 0.29) is 17.9 Å². The summed E-state index contributed by atoms with van der Waals surface area (Å²) in [7, 11) is 0. The van der Waals surface area contributed by atoms with Crippen molar-refractivity contribution in [2.75, 3.05) is 25.0 Å². The molecule has 1 saturated heterocycles. The number of hydrogen-bond acceptors (Lipinski definition) is 3. The van der Waals surface area contributed by atoms with Gasteiger partial charge in [-0.3, -0.25) is 9.48 Å². The molecule has 178 valence electrons. The predicted octanol–water partition coefficient (Wildman–Crippen LogP) is 4.88. The van der Waals surface area contributed by atoms with E-state index in [2.05, 4.69) is 29.6 Å². The topological polar surface area (TPSA) is 79.3 Å². The second-order valence-electron chi connectivity index (χ2n) is 9.19. The van der Waals surface area contributed by atoms with Gasteiger partial charge < -0.3 is 15.5 Å². The maximum atomic E-state index is 12.8. The van der Waals surface area contributed by atoms with Crippen LogP contribution in [0.25, 0.3) is 6.08 Å². The Kier molecular flexibility index (Phi) is 8.55. The number of anilines is 1. The number of aromatic nitrogens is 2. The number of hydrogen-bond donors (Lipinski definition) is 2. The van der Waals surface area contributed by atoms with E-state index >= 15 is 0 Å². The van der Waals surface area contributed by atoms with Crippen LogP contribution in [0.4, 0.5) is 10.5 Å². The van der Waals surface area contributed by atoms with Crippen LogP contribution in [0.5, 0.6) is 0 Å². The van der Waals surface area contributed by atoms with E-state index < -0.39 is 0 Å². The van der Waals surface area contributed by atoms with E-state index in [4.69, 9.17) is 11.6 Å². The summed E-state index contributed by atoms with van der Waals surface area (Å²) < 4.78 is 1.79. The average Bonchev–Trinajstić information content (AvgIpc) is 3.04. The minimum Gasteiger partial charge on any atom is -0.339 e. The van der Waals surface area contributed by atoms with E-state index in [0.717, 1.165) is 41.9 Å². The van der Waals surface area contributed by atoms with Crippen molar-refractivity contribution in [1.82, 2.24) is 20.0 Å². The lowest BCUT2D eigenvalue weighted by Gasteiger charge is -2.32. The van der Waals surface area contributed by atoms with Crippen molar-refractivity contribution in [3.8, 4) is 0 Å². The van der Waals surface area contributed by atoms with Crippen molar-refractivity contribution in [3.63, 3.8) is 0 Å². The van der Waals surface area contributed by atoms with Gasteiger partial charge >= 0.3 is 6.03 Å². The molecule has 3 amide bonds. The van der Waals surface area contributed by atoms with Gasteiger partial charge in [0.2, 0.25) is 5.91 Å². The number of likely N-dealkylation sites (tertiary alicyclic amines) is 1. The van der Waals surface area contributed by atoms with Gasteiger partial charge in [-0.1, -0.05) is 43.1 Å². The summed E-state index contributed by atoms with van der Waals surface area (Å²) in [5.41, 5.74) is 3.50. The van der Waals surface area contributed by atoms with Crippen molar-refractivity contribution in [2.45, 2.75) is 47.1 Å². The fraction of sp³-hybridized carbons (Fsp3) is 0.480. The van der Waals surface area contributed by atoms with Crippen molar-refractivity contribution < 1.29 is 9.59 Å². The first-order chi connectivity index (χ1) is 15.7. The number of carbonyl (C=O) groups is 2. The number of benzene rings is 1. The summed E-state index contributed by atoms with van der Waals surface area (Å²) in [6, 6.07) is 7.44. The van der Waals surface area contributed by atoms with Crippen molar-refractivity contribution in [2.24, 2.45) is 11.8 Å². The number of aryl methyl sites for hydroxylation is 2. The molecule has 3 rings (SSSR count). The first-order valence-corrected chi connectivity index (χ1v) is 11.9. The van der Waals surface area contributed by atoms with Crippen LogP contribution in [0.3, 0.4) is 0 Å². The van der Waals surface area contributed by atoms with E-state index in [9.17, 15) is 9.59 Å². The third-order valence-corrected chi connectivity index (χ3v) is 6.13. The third-order valence-electron chi connectivity index (χ3n) is 5.73. The normalized spacial score (nSPS) is 16.4. The van der Waals surface area contributed by atoms with Gasteiger partial charge in [-0.05, 0) is 56.7 Å². The van der Waals surface area contributed by atoms with Gasteiger partial charge in [0.05, 0.1) is 5.69 Å². The summed E-state index contributed by atoms with van der Waals surface area (Å²) in [6.07, 6.45) is 5.24. The van der Waals surface area contributed by atoms with Gasteiger partial charge in [-0.2, -0.15) is 5.10 Å². The highest BCUT2D eigenvalue weighted by atomic mass is 35.5. The summed E-state index contributed by atoms with van der Waals surface area (Å²) in [5.74, 6) is 0.605. The zero-order chi connectivity index (χ0) is 24.0. The summed E-state index contributed by atoms with van der Waals surface area (Å²) in [6.45, 7) is 10.7. The Morgan fingerprint density at radius 2 is 1.97 bits per heavy atom. The minimum absolute atomic E-state index is 0.0455. The quantitative estimate of drug-likeness (QED) is 0.564. The zero-order valence-corrected chi connectivity index (χ0v) is 20.7. The van der Waals surface area contributed by atoms with Crippen LogP contribution < -0.4 is 10.6 Å². The van der Waals surface area contributed by atoms with Gasteiger partial charge in [-0.15, -0.1) is 0 Å². The largest absolute Gasteiger partial charge is 0.339 e. The van der Waals surface area contributed by atoms with Crippen LogP contribution in [0, 0.1) is 25.7 Å². The maximum absolute atomic E-state index is 12.8. The summed E-state index contributed by atoms with van der Waals surface area (Å²) in [4.78, 5) is 26.9. The second-order valence-corrected chi connectivity index (χ2v) is 9.55. The van der Waals surface area contributed by atoms with Crippen LogP contribution in [-0.2, 0) is 11.3 Å². The van der Waals surface area contributed by atoms with Crippen LogP contribution in [0.2, 0.25) is 5.15 Å². The smallest absolute Gasteiger partial charge is 0.319 e. The van der Waals surface area contributed by atoms with Gasteiger partial charge in [0.25, 0.3) is 0 Å². The Bertz CT molecular complexity index is 997. The highest BCUT2D eigenvalue weighted by molar-refractivity contribution is 6.31. The molecule has 1 fully saturated rings. The molecule has 1 atom stereocenters. The van der Waals surface area contributed by atoms with Gasteiger partial charge in [0.15, 0.2) is 0 Å². The second kappa shape index (κ2) is 11.4. The fourth-order valence-corrected chi connectivity index (χ4v) is 4.27. The molecule has 0 aliphatic carbocycles. The summed E-state index contributed by atoms with van der Waals surface area (Å²) in [5, 5.41) is 10.8. The number of amides is 3. The highest BCUT2D eigenvalue weighted by Crippen LogP contribution is 2.23. The number of carbonyl (C=O) groups excluding carboxylic acids is 2. The molecule has 0 radical (unpaired) electrons. The molecule has 1 aliphatic heterocycles. The molecule has 7 nitrogen and oxygen atoms in total. The molecule has 33 heavy (non-hydrogen) atoms. The Labute approximate surface area is 201 Å². The lowest BCUT2D eigenvalue weighted by atomic mass is 9.98. The average molecular weight is 472 g/mol. The minimum atomic E-state index is -0.231. The molecule has 8 heteroatoms. The molecule has 1 unspecified atom stereocenters. The van der Waals surface area contributed by atoms with Crippen molar-refractivity contribution in [1.29, 1.82) is 0 Å². The first-order valence-electron chi connectivity index (χ1n) is 11.5. The molecule has 1 aliphatic rings. The molecular weight excluding hydrogens is 438 g/mol. The lowest BCUT2D eigenvalue weighted by Crippen LogP contribution is -2.43. The van der Waals surface area contributed by atoms with Crippen LogP contribution in [0.1, 0.15) is 43.5 Å². The molecule has 2 heterocycles. The molecule has 2 aromatic rings. The maximum Gasteiger partial charge on any atom is 0.319 e. The number of urea groups is 1. The number of piperidine rings is 1. The Morgan fingerprint density at radius 1 is 1.24 bits per heavy atom. The molecule has 0 saturated carbocycles. The standard InChI is InChI=1S/C25H34ClN5O2/c1-17(2)15-31-24(26)22(19(4)29-31)11-12-23(32)30-13-5-6-20(16-30)14-27-25(33)28-21-9-7-18(3)8-10-21/h7-12,17,20H,5-6,13-16H2,1-4H3,(H2,27,28,33)/b12-11+.